The van der Waals surface area contributed by atoms with E-state index in [-0.39, 0.29) is 12.0 Å². The van der Waals surface area contributed by atoms with Gasteiger partial charge in [-0.25, -0.2) is 9.97 Å². The first-order chi connectivity index (χ1) is 12.9. The van der Waals surface area contributed by atoms with Gasteiger partial charge in [0.05, 0.1) is 10.6 Å². The van der Waals surface area contributed by atoms with E-state index in [1.807, 2.05) is 18.3 Å². The number of thiazole rings is 1. The van der Waals surface area contributed by atoms with E-state index < -0.39 is 11.7 Å². The minimum absolute atomic E-state index is 0.0303. The molecule has 0 unspecified atom stereocenters. The first kappa shape index (κ1) is 17.9. The molecule has 138 valence electrons. The van der Waals surface area contributed by atoms with Gasteiger partial charge in [0, 0.05) is 47.9 Å². The number of halogens is 4. The van der Waals surface area contributed by atoms with Crippen LogP contribution in [0.2, 0.25) is 5.15 Å². The summed E-state index contributed by atoms with van der Waals surface area (Å²) in [5, 5.41) is 1.81. The number of rotatable bonds is 4. The van der Waals surface area contributed by atoms with Gasteiger partial charge in [0.15, 0.2) is 0 Å². The third kappa shape index (κ3) is 3.68. The minimum atomic E-state index is -4.43. The number of hydrogen-bond donors (Lipinski definition) is 1. The number of fused-ring (bicyclic) bond motifs is 1. The maximum absolute atomic E-state index is 13.2. The standard InChI is InChI=1S/C18H12ClF3N4S/c19-16-14(6-10-9-25-17-12(10)2-1-4-24-17)27-15(26-16)7-11-8-23-5-3-13(11)18(20,21)22/h1-5,8-9H,6-7H2,(H,24,25). The molecule has 0 spiro atoms. The lowest BCUT2D eigenvalue weighted by Gasteiger charge is -2.10. The first-order valence-corrected chi connectivity index (χ1v) is 9.16. The predicted octanol–water partition coefficient (Wildman–Crippen LogP) is 5.27. The van der Waals surface area contributed by atoms with Gasteiger partial charge in [-0.05, 0) is 29.3 Å². The van der Waals surface area contributed by atoms with Crippen molar-refractivity contribution in [3.63, 3.8) is 0 Å². The highest BCUT2D eigenvalue weighted by Gasteiger charge is 2.33. The number of alkyl halides is 3. The summed E-state index contributed by atoms with van der Waals surface area (Å²) in [6.07, 6.45) is 2.05. The van der Waals surface area contributed by atoms with Gasteiger partial charge in [-0.3, -0.25) is 4.98 Å². The summed E-state index contributed by atoms with van der Waals surface area (Å²) in [5.74, 6) is 0. The summed E-state index contributed by atoms with van der Waals surface area (Å²) in [6, 6.07) is 4.78. The van der Waals surface area contributed by atoms with Crippen molar-refractivity contribution in [2.75, 3.05) is 0 Å². The maximum Gasteiger partial charge on any atom is 0.416 e. The number of nitrogens with zero attached hydrogens (tertiary/aromatic N) is 3. The molecule has 27 heavy (non-hydrogen) atoms. The number of pyridine rings is 2. The summed E-state index contributed by atoms with van der Waals surface area (Å²) in [6.45, 7) is 0. The fourth-order valence-electron chi connectivity index (χ4n) is 2.90. The Hall–Kier alpha value is -2.45. The monoisotopic (exact) mass is 408 g/mol. The first-order valence-electron chi connectivity index (χ1n) is 7.97. The van der Waals surface area contributed by atoms with Crippen LogP contribution >= 0.6 is 22.9 Å². The lowest BCUT2D eigenvalue weighted by molar-refractivity contribution is -0.138. The SMILES string of the molecule is FC(F)(F)c1ccncc1Cc1nc(Cl)c(Cc2c[nH]c3ncccc23)s1. The van der Waals surface area contributed by atoms with E-state index in [9.17, 15) is 13.2 Å². The van der Waals surface area contributed by atoms with Crippen molar-refractivity contribution < 1.29 is 13.2 Å². The molecule has 0 aliphatic heterocycles. The van der Waals surface area contributed by atoms with Gasteiger partial charge in [0.2, 0.25) is 0 Å². The summed E-state index contributed by atoms with van der Waals surface area (Å²) in [5.41, 5.74) is 1.16. The Morgan fingerprint density at radius 2 is 1.96 bits per heavy atom. The Balaban J connectivity index is 1.61. The molecule has 1 N–H and O–H groups in total. The second-order valence-corrected chi connectivity index (χ2v) is 7.45. The van der Waals surface area contributed by atoms with Gasteiger partial charge in [-0.2, -0.15) is 13.2 Å². The van der Waals surface area contributed by atoms with Gasteiger partial charge >= 0.3 is 6.18 Å². The molecule has 0 aliphatic carbocycles. The highest BCUT2D eigenvalue weighted by Crippen LogP contribution is 2.34. The molecule has 0 saturated heterocycles. The van der Waals surface area contributed by atoms with Crippen molar-refractivity contribution in [2.45, 2.75) is 19.0 Å². The highest BCUT2D eigenvalue weighted by molar-refractivity contribution is 7.12. The molecule has 0 atom stereocenters. The number of hydrogen-bond acceptors (Lipinski definition) is 4. The average Bonchev–Trinajstić information content (AvgIpc) is 3.19. The van der Waals surface area contributed by atoms with Gasteiger partial charge in [0.25, 0.3) is 0 Å². The quantitative estimate of drug-likeness (QED) is 0.500. The van der Waals surface area contributed by atoms with E-state index in [0.717, 1.165) is 33.7 Å². The van der Waals surface area contributed by atoms with Crippen LogP contribution in [0.4, 0.5) is 13.2 Å². The zero-order chi connectivity index (χ0) is 19.0. The largest absolute Gasteiger partial charge is 0.416 e. The molecule has 0 aliphatic rings. The summed E-state index contributed by atoms with van der Waals surface area (Å²) < 4.78 is 39.5. The van der Waals surface area contributed by atoms with Crippen molar-refractivity contribution >= 4 is 34.0 Å². The van der Waals surface area contributed by atoms with Crippen LogP contribution in [-0.4, -0.2) is 19.9 Å². The van der Waals surface area contributed by atoms with Crippen LogP contribution in [0.15, 0.2) is 43.0 Å². The zero-order valence-electron chi connectivity index (χ0n) is 13.7. The fraction of sp³-hybridized carbons (Fsp3) is 0.167. The van der Waals surface area contributed by atoms with Crippen LogP contribution in [0, 0.1) is 0 Å². The van der Waals surface area contributed by atoms with Crippen LogP contribution in [0.3, 0.4) is 0 Å². The van der Waals surface area contributed by atoms with Crippen molar-refractivity contribution in [1.29, 1.82) is 0 Å². The van der Waals surface area contributed by atoms with Crippen LogP contribution in [0.25, 0.3) is 11.0 Å². The Labute approximate surface area is 161 Å². The van der Waals surface area contributed by atoms with Gasteiger partial charge in [-0.1, -0.05) is 11.6 Å². The molecule has 4 aromatic rings. The third-order valence-electron chi connectivity index (χ3n) is 4.13. The van der Waals surface area contributed by atoms with E-state index in [1.165, 1.54) is 17.5 Å². The average molecular weight is 409 g/mol. The molecular formula is C18H12ClF3N4S. The lowest BCUT2D eigenvalue weighted by atomic mass is 10.1. The van der Waals surface area contributed by atoms with Crippen LogP contribution in [0.1, 0.15) is 26.6 Å². The Morgan fingerprint density at radius 1 is 1.11 bits per heavy atom. The molecule has 0 aromatic carbocycles. The molecule has 4 aromatic heterocycles. The number of aromatic amines is 1. The van der Waals surface area contributed by atoms with E-state index in [1.54, 1.807) is 6.20 Å². The summed E-state index contributed by atoms with van der Waals surface area (Å²) in [4.78, 5) is 16.2. The summed E-state index contributed by atoms with van der Waals surface area (Å²) >= 11 is 7.55. The minimum Gasteiger partial charge on any atom is -0.346 e. The Kier molecular flexibility index (Phi) is 4.61. The maximum atomic E-state index is 13.2. The molecule has 0 bridgehead atoms. The molecular weight excluding hydrogens is 397 g/mol. The molecule has 4 nitrogen and oxygen atoms in total. The molecule has 0 saturated carbocycles. The number of H-pyrrole nitrogens is 1. The van der Waals surface area contributed by atoms with Crippen molar-refractivity contribution in [3.05, 3.63) is 74.7 Å². The highest BCUT2D eigenvalue weighted by atomic mass is 35.5. The lowest BCUT2D eigenvalue weighted by Crippen LogP contribution is -2.09. The molecule has 0 fully saturated rings. The number of nitrogens with one attached hydrogen (secondary N) is 1. The van der Waals surface area contributed by atoms with Crippen molar-refractivity contribution in [2.24, 2.45) is 0 Å². The Morgan fingerprint density at radius 3 is 2.78 bits per heavy atom. The second kappa shape index (κ2) is 6.94. The molecule has 4 heterocycles. The molecule has 0 amide bonds. The van der Waals surface area contributed by atoms with Crippen LogP contribution < -0.4 is 0 Å². The second-order valence-electron chi connectivity index (χ2n) is 5.92. The van der Waals surface area contributed by atoms with Gasteiger partial charge < -0.3 is 4.98 Å². The fourth-order valence-corrected chi connectivity index (χ4v) is 4.24. The van der Waals surface area contributed by atoms with Crippen molar-refractivity contribution in [1.82, 2.24) is 19.9 Å². The topological polar surface area (TPSA) is 54.5 Å². The van der Waals surface area contributed by atoms with E-state index in [0.29, 0.717) is 16.6 Å². The van der Waals surface area contributed by atoms with E-state index >= 15 is 0 Å². The molecule has 0 radical (unpaired) electrons. The zero-order valence-corrected chi connectivity index (χ0v) is 15.3. The predicted molar refractivity (Wildman–Crippen MR) is 98.1 cm³/mol. The van der Waals surface area contributed by atoms with E-state index in [2.05, 4.69) is 19.9 Å². The molecule has 9 heteroatoms. The Bertz CT molecular complexity index is 1100. The smallest absolute Gasteiger partial charge is 0.346 e. The normalized spacial score (nSPS) is 12.0. The van der Waals surface area contributed by atoms with Gasteiger partial charge in [0.1, 0.15) is 10.8 Å². The van der Waals surface area contributed by atoms with Crippen LogP contribution in [0.5, 0.6) is 0 Å². The number of aromatic nitrogens is 4. The molecule has 4 rings (SSSR count). The van der Waals surface area contributed by atoms with Crippen LogP contribution in [-0.2, 0) is 19.0 Å². The van der Waals surface area contributed by atoms with E-state index in [4.69, 9.17) is 11.6 Å². The third-order valence-corrected chi connectivity index (χ3v) is 5.61. The van der Waals surface area contributed by atoms with Gasteiger partial charge in [-0.15, -0.1) is 11.3 Å². The summed E-state index contributed by atoms with van der Waals surface area (Å²) in [7, 11) is 0. The van der Waals surface area contributed by atoms with Crippen molar-refractivity contribution in [3.8, 4) is 0 Å².